The number of nitrogens with zero attached hydrogens (tertiary/aromatic N) is 1. The average Bonchev–Trinajstić information content (AvgIpc) is 2.87. The SMILES string of the molecule is CC(=O)Nc1ccc(NC(=O)C(=O)N(C)C2CCS(=O)(=O)C2)cc1. The molecule has 2 N–H and O–H groups in total. The van der Waals surface area contributed by atoms with Crippen molar-refractivity contribution >= 4 is 38.9 Å². The molecule has 1 saturated heterocycles. The molecule has 0 spiro atoms. The highest BCUT2D eigenvalue weighted by molar-refractivity contribution is 7.91. The van der Waals surface area contributed by atoms with Crippen LogP contribution in [-0.2, 0) is 24.2 Å². The van der Waals surface area contributed by atoms with E-state index >= 15 is 0 Å². The summed E-state index contributed by atoms with van der Waals surface area (Å²) in [5.41, 5.74) is 0.968. The fourth-order valence-corrected chi connectivity index (χ4v) is 4.21. The normalized spacial score (nSPS) is 18.7. The van der Waals surface area contributed by atoms with Gasteiger partial charge in [-0.1, -0.05) is 0 Å². The first kappa shape index (κ1) is 17.9. The van der Waals surface area contributed by atoms with Gasteiger partial charge in [0.05, 0.1) is 11.5 Å². The Balaban J connectivity index is 1.96. The monoisotopic (exact) mass is 353 g/mol. The molecule has 1 aliphatic rings. The Hall–Kier alpha value is -2.42. The van der Waals surface area contributed by atoms with Gasteiger partial charge < -0.3 is 15.5 Å². The van der Waals surface area contributed by atoms with Gasteiger partial charge in [-0.2, -0.15) is 0 Å². The van der Waals surface area contributed by atoms with Crippen molar-refractivity contribution in [3.05, 3.63) is 24.3 Å². The molecule has 0 bridgehead atoms. The molecule has 24 heavy (non-hydrogen) atoms. The summed E-state index contributed by atoms with van der Waals surface area (Å²) in [7, 11) is -1.71. The van der Waals surface area contributed by atoms with Gasteiger partial charge in [0.2, 0.25) is 5.91 Å². The van der Waals surface area contributed by atoms with E-state index in [0.29, 0.717) is 17.8 Å². The molecular formula is C15H19N3O5S. The van der Waals surface area contributed by atoms with Crippen LogP contribution in [0.1, 0.15) is 13.3 Å². The molecule has 9 heteroatoms. The minimum Gasteiger partial charge on any atom is -0.333 e. The summed E-state index contributed by atoms with van der Waals surface area (Å²) in [4.78, 5) is 36.2. The van der Waals surface area contributed by atoms with Crippen LogP contribution in [0.25, 0.3) is 0 Å². The summed E-state index contributed by atoms with van der Waals surface area (Å²) >= 11 is 0. The first-order chi connectivity index (χ1) is 11.2. The second-order valence-electron chi connectivity index (χ2n) is 5.69. The van der Waals surface area contributed by atoms with Crippen molar-refractivity contribution in [2.45, 2.75) is 19.4 Å². The minimum atomic E-state index is -3.13. The Labute approximate surface area is 140 Å². The van der Waals surface area contributed by atoms with Gasteiger partial charge in [0.1, 0.15) is 0 Å². The van der Waals surface area contributed by atoms with E-state index in [1.165, 1.54) is 18.9 Å². The van der Waals surface area contributed by atoms with E-state index in [1.807, 2.05) is 0 Å². The highest BCUT2D eigenvalue weighted by Crippen LogP contribution is 2.17. The van der Waals surface area contributed by atoms with Gasteiger partial charge in [-0.05, 0) is 30.7 Å². The maximum atomic E-state index is 12.1. The first-order valence-corrected chi connectivity index (χ1v) is 9.16. The predicted octanol–water partition coefficient (Wildman–Crippen LogP) is 0.229. The molecule has 0 aliphatic carbocycles. The van der Waals surface area contributed by atoms with Crippen LogP contribution in [0.5, 0.6) is 0 Å². The molecule has 0 saturated carbocycles. The molecule has 1 aromatic carbocycles. The summed E-state index contributed by atoms with van der Waals surface area (Å²) in [6, 6.07) is 5.81. The van der Waals surface area contributed by atoms with Crippen molar-refractivity contribution in [3.8, 4) is 0 Å². The lowest BCUT2D eigenvalue weighted by atomic mass is 10.2. The number of hydrogen-bond acceptors (Lipinski definition) is 5. The highest BCUT2D eigenvalue weighted by Gasteiger charge is 2.34. The molecular weight excluding hydrogens is 334 g/mol. The van der Waals surface area contributed by atoms with Crippen LogP contribution in [0.2, 0.25) is 0 Å². The van der Waals surface area contributed by atoms with E-state index in [1.54, 1.807) is 24.3 Å². The van der Waals surface area contributed by atoms with E-state index in [9.17, 15) is 22.8 Å². The fourth-order valence-electron chi connectivity index (χ4n) is 2.43. The maximum Gasteiger partial charge on any atom is 0.313 e. The van der Waals surface area contributed by atoms with E-state index in [0.717, 1.165) is 0 Å². The third-order valence-corrected chi connectivity index (χ3v) is 5.48. The van der Waals surface area contributed by atoms with Crippen LogP contribution >= 0.6 is 0 Å². The summed E-state index contributed by atoms with van der Waals surface area (Å²) in [6.45, 7) is 1.38. The molecule has 8 nitrogen and oxygen atoms in total. The number of amides is 3. The molecule has 1 unspecified atom stereocenters. The van der Waals surface area contributed by atoms with Crippen molar-refractivity contribution in [3.63, 3.8) is 0 Å². The molecule has 1 aromatic rings. The van der Waals surface area contributed by atoms with E-state index < -0.39 is 27.7 Å². The largest absolute Gasteiger partial charge is 0.333 e. The topological polar surface area (TPSA) is 113 Å². The fraction of sp³-hybridized carbons (Fsp3) is 0.400. The number of nitrogens with one attached hydrogen (secondary N) is 2. The minimum absolute atomic E-state index is 0.0293. The molecule has 1 fully saturated rings. The smallest absolute Gasteiger partial charge is 0.313 e. The number of likely N-dealkylation sites (N-methyl/N-ethyl adjacent to an activating group) is 1. The van der Waals surface area contributed by atoms with Crippen LogP contribution in [-0.4, -0.2) is 55.6 Å². The highest BCUT2D eigenvalue weighted by atomic mass is 32.2. The molecule has 2 rings (SSSR count). The Morgan fingerprint density at radius 3 is 2.08 bits per heavy atom. The van der Waals surface area contributed by atoms with E-state index in [2.05, 4.69) is 10.6 Å². The second-order valence-corrected chi connectivity index (χ2v) is 7.91. The van der Waals surface area contributed by atoms with Crippen molar-refractivity contribution < 1.29 is 22.8 Å². The van der Waals surface area contributed by atoms with Crippen LogP contribution < -0.4 is 10.6 Å². The number of carbonyl (C=O) groups excluding carboxylic acids is 3. The quantitative estimate of drug-likeness (QED) is 0.755. The number of carbonyl (C=O) groups is 3. The summed E-state index contributed by atoms with van der Waals surface area (Å²) in [6.07, 6.45) is 0.337. The lowest BCUT2D eigenvalue weighted by molar-refractivity contribution is -0.143. The summed E-state index contributed by atoms with van der Waals surface area (Å²) in [5, 5.41) is 5.04. The Kier molecular flexibility index (Phi) is 5.23. The van der Waals surface area contributed by atoms with Crippen LogP contribution in [0.4, 0.5) is 11.4 Å². The van der Waals surface area contributed by atoms with E-state index in [-0.39, 0.29) is 17.4 Å². The first-order valence-electron chi connectivity index (χ1n) is 7.34. The van der Waals surface area contributed by atoms with Crippen molar-refractivity contribution in [2.24, 2.45) is 0 Å². The number of hydrogen-bond donors (Lipinski definition) is 2. The van der Waals surface area contributed by atoms with Crippen molar-refractivity contribution in [1.82, 2.24) is 4.90 Å². The van der Waals surface area contributed by atoms with Crippen LogP contribution in [0.3, 0.4) is 0 Å². The van der Waals surface area contributed by atoms with Gasteiger partial charge in [0, 0.05) is 31.4 Å². The van der Waals surface area contributed by atoms with Gasteiger partial charge in [0.15, 0.2) is 9.84 Å². The molecule has 130 valence electrons. The zero-order valence-electron chi connectivity index (χ0n) is 13.4. The second kappa shape index (κ2) is 7.00. The molecule has 3 amide bonds. The Morgan fingerprint density at radius 1 is 1.08 bits per heavy atom. The molecule has 1 atom stereocenters. The van der Waals surface area contributed by atoms with Gasteiger partial charge >= 0.3 is 11.8 Å². The van der Waals surface area contributed by atoms with Crippen LogP contribution in [0.15, 0.2) is 24.3 Å². The number of rotatable bonds is 3. The third kappa shape index (κ3) is 4.54. The standard InChI is InChI=1S/C15H19N3O5S/c1-10(19)16-11-3-5-12(6-4-11)17-14(20)15(21)18(2)13-7-8-24(22,23)9-13/h3-6,13H,7-9H2,1-2H3,(H,16,19)(H,17,20). The average molecular weight is 353 g/mol. The van der Waals surface area contributed by atoms with Gasteiger partial charge in [-0.15, -0.1) is 0 Å². The van der Waals surface area contributed by atoms with Crippen molar-refractivity contribution in [1.29, 1.82) is 0 Å². The Bertz CT molecular complexity index is 758. The lowest BCUT2D eigenvalue weighted by Crippen LogP contribution is -2.43. The zero-order chi connectivity index (χ0) is 17.9. The van der Waals surface area contributed by atoms with Crippen molar-refractivity contribution in [2.75, 3.05) is 29.2 Å². The summed E-state index contributed by atoms with van der Waals surface area (Å²) < 4.78 is 22.9. The lowest BCUT2D eigenvalue weighted by Gasteiger charge is -2.22. The third-order valence-electron chi connectivity index (χ3n) is 3.73. The molecule has 1 aliphatic heterocycles. The number of anilines is 2. The molecule has 0 radical (unpaired) electrons. The predicted molar refractivity (Wildman–Crippen MR) is 89.2 cm³/mol. The Morgan fingerprint density at radius 2 is 1.62 bits per heavy atom. The maximum absolute atomic E-state index is 12.1. The van der Waals surface area contributed by atoms with Gasteiger partial charge in [-0.25, -0.2) is 8.42 Å². The molecule has 1 heterocycles. The summed E-state index contributed by atoms with van der Waals surface area (Å²) in [5.74, 6) is -1.93. The zero-order valence-corrected chi connectivity index (χ0v) is 14.2. The number of benzene rings is 1. The van der Waals surface area contributed by atoms with Crippen LogP contribution in [0, 0.1) is 0 Å². The van der Waals surface area contributed by atoms with Gasteiger partial charge in [-0.3, -0.25) is 14.4 Å². The number of sulfone groups is 1. The van der Waals surface area contributed by atoms with Gasteiger partial charge in [0.25, 0.3) is 0 Å². The molecule has 0 aromatic heterocycles. The van der Waals surface area contributed by atoms with E-state index in [4.69, 9.17) is 0 Å².